The molecule has 7 heteroatoms. The molecular formula is C8H15N3O4. The van der Waals surface area contributed by atoms with Crippen molar-refractivity contribution in [2.45, 2.75) is 18.5 Å². The van der Waals surface area contributed by atoms with Gasteiger partial charge in [-0.05, 0) is 6.42 Å². The van der Waals surface area contributed by atoms with Crippen LogP contribution in [0.1, 0.15) is 6.42 Å². The number of aliphatic carboxylic acids is 1. The molecule has 0 radical (unpaired) electrons. The molecule has 1 heterocycles. The highest BCUT2D eigenvalue weighted by atomic mass is 16.7. The number of rotatable bonds is 6. The van der Waals surface area contributed by atoms with Gasteiger partial charge < -0.3 is 21.0 Å². The van der Waals surface area contributed by atoms with Gasteiger partial charge in [0, 0.05) is 19.6 Å². The number of carbonyl (C=O) groups is 2. The number of nitrogens with zero attached hydrogens (tertiary/aromatic N) is 1. The summed E-state index contributed by atoms with van der Waals surface area (Å²) in [5.41, 5.74) is 5.35. The molecule has 1 aliphatic rings. The molecule has 2 unspecified atom stereocenters. The van der Waals surface area contributed by atoms with E-state index >= 15 is 0 Å². The third-order valence-corrected chi connectivity index (χ3v) is 2.34. The van der Waals surface area contributed by atoms with Crippen molar-refractivity contribution in [2.75, 3.05) is 19.6 Å². The number of carbonyl (C=O) groups excluding carboxylic acids is 1. The Balaban J connectivity index is 2.47. The van der Waals surface area contributed by atoms with Gasteiger partial charge >= 0.3 is 12.4 Å². The molecule has 1 aliphatic heterocycles. The molecule has 0 aromatic carbocycles. The zero-order chi connectivity index (χ0) is 11.3. The Labute approximate surface area is 87.1 Å². The lowest BCUT2D eigenvalue weighted by molar-refractivity contribution is -0.183. The van der Waals surface area contributed by atoms with Gasteiger partial charge in [-0.3, -0.25) is 9.59 Å². The molecule has 0 spiro atoms. The minimum atomic E-state index is -0.892. The quantitative estimate of drug-likeness (QED) is 0.354. The third kappa shape index (κ3) is 3.15. The van der Waals surface area contributed by atoms with Crippen LogP contribution in [0.25, 0.3) is 0 Å². The van der Waals surface area contributed by atoms with Crippen LogP contribution < -0.4 is 11.1 Å². The Morgan fingerprint density at radius 1 is 1.73 bits per heavy atom. The van der Waals surface area contributed by atoms with E-state index in [4.69, 9.17) is 15.7 Å². The molecule has 2 atom stereocenters. The van der Waals surface area contributed by atoms with Crippen LogP contribution >= 0.6 is 0 Å². The van der Waals surface area contributed by atoms with Gasteiger partial charge in [-0.25, -0.2) is 0 Å². The molecule has 0 amide bonds. The largest absolute Gasteiger partial charge is 0.480 e. The average Bonchev–Trinajstić information content (AvgIpc) is 2.66. The van der Waals surface area contributed by atoms with E-state index in [0.29, 0.717) is 32.5 Å². The first-order chi connectivity index (χ1) is 7.19. The monoisotopic (exact) mass is 217 g/mol. The summed E-state index contributed by atoms with van der Waals surface area (Å²) in [7, 11) is 0. The minimum absolute atomic E-state index is 0.125. The maximum atomic E-state index is 10.7. The van der Waals surface area contributed by atoms with Crippen LogP contribution in [0, 0.1) is 0 Å². The Kier molecular flexibility index (Phi) is 4.47. The Morgan fingerprint density at radius 3 is 2.93 bits per heavy atom. The van der Waals surface area contributed by atoms with Crippen LogP contribution in [0.5, 0.6) is 0 Å². The van der Waals surface area contributed by atoms with Crippen LogP contribution in [0.3, 0.4) is 0 Å². The van der Waals surface area contributed by atoms with Crippen LogP contribution in [-0.2, 0) is 14.4 Å². The van der Waals surface area contributed by atoms with Gasteiger partial charge in [0.1, 0.15) is 6.04 Å². The number of hydroxylamine groups is 2. The maximum absolute atomic E-state index is 10.7. The Hall–Kier alpha value is -1.18. The topological polar surface area (TPSA) is 105 Å². The summed E-state index contributed by atoms with van der Waals surface area (Å²) < 4.78 is 0. The van der Waals surface area contributed by atoms with Gasteiger partial charge in [-0.1, -0.05) is 0 Å². The molecule has 0 aromatic rings. The summed E-state index contributed by atoms with van der Waals surface area (Å²) in [5.74, 6) is -0.892. The van der Waals surface area contributed by atoms with Crippen molar-refractivity contribution in [3.05, 3.63) is 0 Å². The molecular weight excluding hydrogens is 202 g/mol. The highest BCUT2D eigenvalue weighted by Gasteiger charge is 2.33. The van der Waals surface area contributed by atoms with Gasteiger partial charge in [0.2, 0.25) is 0 Å². The van der Waals surface area contributed by atoms with Crippen LogP contribution in [0.4, 0.5) is 0 Å². The molecule has 1 saturated heterocycles. The van der Waals surface area contributed by atoms with E-state index in [1.54, 1.807) is 0 Å². The summed E-state index contributed by atoms with van der Waals surface area (Å²) in [5, 5.41) is 13.0. The van der Waals surface area contributed by atoms with E-state index in [9.17, 15) is 9.59 Å². The predicted molar refractivity (Wildman–Crippen MR) is 50.7 cm³/mol. The van der Waals surface area contributed by atoms with Crippen molar-refractivity contribution in [1.29, 1.82) is 0 Å². The van der Waals surface area contributed by atoms with Crippen molar-refractivity contribution in [2.24, 2.45) is 5.73 Å². The predicted octanol–water partition coefficient (Wildman–Crippen LogP) is -1.85. The van der Waals surface area contributed by atoms with Crippen molar-refractivity contribution >= 4 is 12.4 Å². The molecule has 1 rings (SSSR count). The van der Waals surface area contributed by atoms with Crippen molar-refractivity contribution in [1.82, 2.24) is 10.4 Å². The number of carboxylic acid groups (broad SMARTS) is 1. The Bertz CT molecular complexity index is 236. The molecule has 0 saturated carbocycles. The molecule has 0 aliphatic carbocycles. The van der Waals surface area contributed by atoms with Gasteiger partial charge in [-0.15, -0.1) is 5.06 Å². The standard InChI is InChI=1S/C8H15N3O4/c9-1-2-11(15-5-12)6-3-7(8(13)14)10-4-6/h5-7,10H,1-4,9H2,(H,13,14). The summed E-state index contributed by atoms with van der Waals surface area (Å²) in [6.07, 6.45) is 0.406. The van der Waals surface area contributed by atoms with Crippen LogP contribution in [-0.4, -0.2) is 54.3 Å². The van der Waals surface area contributed by atoms with E-state index in [1.807, 2.05) is 0 Å². The molecule has 86 valence electrons. The van der Waals surface area contributed by atoms with Gasteiger partial charge in [-0.2, -0.15) is 0 Å². The fourth-order valence-electron chi connectivity index (χ4n) is 1.63. The first-order valence-corrected chi connectivity index (χ1v) is 4.72. The first-order valence-electron chi connectivity index (χ1n) is 4.72. The van der Waals surface area contributed by atoms with Gasteiger partial charge in [0.05, 0.1) is 6.04 Å². The molecule has 7 nitrogen and oxygen atoms in total. The van der Waals surface area contributed by atoms with E-state index in [2.05, 4.69) is 5.32 Å². The molecule has 4 N–H and O–H groups in total. The average molecular weight is 217 g/mol. The van der Waals surface area contributed by atoms with Crippen molar-refractivity contribution in [3.8, 4) is 0 Å². The first kappa shape index (κ1) is 11.9. The van der Waals surface area contributed by atoms with Crippen LogP contribution in [0.15, 0.2) is 0 Å². The second kappa shape index (κ2) is 5.64. The fourth-order valence-corrected chi connectivity index (χ4v) is 1.63. The molecule has 15 heavy (non-hydrogen) atoms. The van der Waals surface area contributed by atoms with E-state index in [1.165, 1.54) is 5.06 Å². The zero-order valence-electron chi connectivity index (χ0n) is 8.26. The minimum Gasteiger partial charge on any atom is -0.480 e. The van der Waals surface area contributed by atoms with Gasteiger partial charge in [0.25, 0.3) is 0 Å². The molecule has 1 fully saturated rings. The van der Waals surface area contributed by atoms with Crippen molar-refractivity contribution in [3.63, 3.8) is 0 Å². The van der Waals surface area contributed by atoms with Crippen LogP contribution in [0.2, 0.25) is 0 Å². The maximum Gasteiger partial charge on any atom is 0.320 e. The second-order valence-corrected chi connectivity index (χ2v) is 3.32. The fraction of sp³-hybridized carbons (Fsp3) is 0.750. The summed E-state index contributed by atoms with van der Waals surface area (Å²) in [4.78, 5) is 25.6. The SMILES string of the molecule is NCCN(OC=O)C1CNC(C(=O)O)C1. The smallest absolute Gasteiger partial charge is 0.320 e. The van der Waals surface area contributed by atoms with E-state index < -0.39 is 12.0 Å². The number of nitrogens with two attached hydrogens (primary N) is 1. The lowest BCUT2D eigenvalue weighted by Gasteiger charge is -2.23. The number of carboxylic acids is 1. The molecule has 0 bridgehead atoms. The number of hydrogen-bond donors (Lipinski definition) is 3. The van der Waals surface area contributed by atoms with Gasteiger partial charge in [0.15, 0.2) is 0 Å². The normalized spacial score (nSPS) is 25.5. The summed E-state index contributed by atoms with van der Waals surface area (Å²) >= 11 is 0. The summed E-state index contributed by atoms with van der Waals surface area (Å²) in [6.45, 7) is 1.55. The molecule has 0 aromatic heterocycles. The Morgan fingerprint density at radius 2 is 2.47 bits per heavy atom. The van der Waals surface area contributed by atoms with Crippen molar-refractivity contribution < 1.29 is 19.5 Å². The highest BCUT2D eigenvalue weighted by molar-refractivity contribution is 5.73. The lowest BCUT2D eigenvalue weighted by Crippen LogP contribution is -2.39. The third-order valence-electron chi connectivity index (χ3n) is 2.34. The van der Waals surface area contributed by atoms with E-state index in [-0.39, 0.29) is 6.04 Å². The highest BCUT2D eigenvalue weighted by Crippen LogP contribution is 2.13. The number of nitrogens with one attached hydrogen (secondary N) is 1. The second-order valence-electron chi connectivity index (χ2n) is 3.32. The lowest BCUT2D eigenvalue weighted by atomic mass is 10.2. The number of hydrogen-bond acceptors (Lipinski definition) is 6. The summed E-state index contributed by atoms with van der Waals surface area (Å²) in [6, 6.07) is -0.703. The zero-order valence-corrected chi connectivity index (χ0v) is 8.26. The van der Waals surface area contributed by atoms with E-state index in [0.717, 1.165) is 0 Å².